The largest absolute Gasteiger partial charge is 0.478 e. The zero-order valence-corrected chi connectivity index (χ0v) is 10.1. The fourth-order valence-corrected chi connectivity index (χ4v) is 2.25. The second kappa shape index (κ2) is 5.82. The Balaban J connectivity index is 2.00. The normalized spacial score (nSPS) is 23.6. The molecule has 5 heteroatoms. The van der Waals surface area contributed by atoms with E-state index in [-0.39, 0.29) is 12.6 Å². The summed E-state index contributed by atoms with van der Waals surface area (Å²) in [5.41, 5.74) is 0. The molecule has 0 amide bonds. The third-order valence-corrected chi connectivity index (χ3v) is 3.13. The average Bonchev–Trinajstić information content (AvgIpc) is 2.77. The monoisotopic (exact) mass is 237 g/mol. The average molecular weight is 237 g/mol. The van der Waals surface area contributed by atoms with Crippen molar-refractivity contribution in [1.82, 2.24) is 9.97 Å². The van der Waals surface area contributed by atoms with Crippen LogP contribution in [0.3, 0.4) is 0 Å². The molecule has 0 bridgehead atoms. The number of nitrogens with zero attached hydrogens (tertiary/aromatic N) is 2. The van der Waals surface area contributed by atoms with Gasteiger partial charge in [0.15, 0.2) is 0 Å². The molecule has 94 valence electrons. The molecule has 2 rings (SSSR count). The van der Waals surface area contributed by atoms with Gasteiger partial charge in [-0.1, -0.05) is 6.42 Å². The smallest absolute Gasteiger partial charge is 0.226 e. The maximum Gasteiger partial charge on any atom is 0.226 e. The number of hydrogen-bond donors (Lipinski definition) is 2. The van der Waals surface area contributed by atoms with Gasteiger partial charge in [-0.2, -0.15) is 4.98 Å². The SMILES string of the molecule is CCOc1ccnc(NC2CCCC2CO)n1. The topological polar surface area (TPSA) is 67.3 Å². The van der Waals surface area contributed by atoms with Crippen LogP contribution in [0.5, 0.6) is 5.88 Å². The number of nitrogens with one attached hydrogen (secondary N) is 1. The molecule has 2 unspecified atom stereocenters. The molecule has 1 aromatic rings. The fraction of sp³-hybridized carbons (Fsp3) is 0.667. The van der Waals surface area contributed by atoms with Crippen molar-refractivity contribution in [2.75, 3.05) is 18.5 Å². The van der Waals surface area contributed by atoms with Gasteiger partial charge in [0.1, 0.15) is 0 Å². The van der Waals surface area contributed by atoms with Crippen molar-refractivity contribution in [3.63, 3.8) is 0 Å². The molecule has 0 radical (unpaired) electrons. The van der Waals surface area contributed by atoms with E-state index < -0.39 is 0 Å². The molecule has 2 N–H and O–H groups in total. The van der Waals surface area contributed by atoms with E-state index >= 15 is 0 Å². The highest BCUT2D eigenvalue weighted by Crippen LogP contribution is 2.27. The Kier molecular flexibility index (Phi) is 4.14. The van der Waals surface area contributed by atoms with Crippen LogP contribution in [0.25, 0.3) is 0 Å². The zero-order valence-electron chi connectivity index (χ0n) is 10.1. The van der Waals surface area contributed by atoms with Gasteiger partial charge in [-0.25, -0.2) is 4.98 Å². The summed E-state index contributed by atoms with van der Waals surface area (Å²) in [4.78, 5) is 8.44. The first kappa shape index (κ1) is 12.1. The predicted molar refractivity (Wildman–Crippen MR) is 65.0 cm³/mol. The summed E-state index contributed by atoms with van der Waals surface area (Å²) in [5.74, 6) is 1.49. The minimum Gasteiger partial charge on any atom is -0.478 e. The van der Waals surface area contributed by atoms with Crippen LogP contribution in [0, 0.1) is 5.92 Å². The Bertz CT molecular complexity index is 359. The molecule has 5 nitrogen and oxygen atoms in total. The molecule has 1 fully saturated rings. The Labute approximate surface area is 101 Å². The number of anilines is 1. The number of aliphatic hydroxyl groups is 1. The lowest BCUT2D eigenvalue weighted by Gasteiger charge is -2.18. The van der Waals surface area contributed by atoms with E-state index in [2.05, 4.69) is 15.3 Å². The van der Waals surface area contributed by atoms with Crippen LogP contribution in [-0.2, 0) is 0 Å². The summed E-state index contributed by atoms with van der Waals surface area (Å²) in [6, 6.07) is 2.02. The van der Waals surface area contributed by atoms with Crippen LogP contribution in [0.1, 0.15) is 26.2 Å². The van der Waals surface area contributed by atoms with E-state index in [4.69, 9.17) is 4.74 Å². The molecule has 0 aliphatic heterocycles. The summed E-state index contributed by atoms with van der Waals surface area (Å²) in [5, 5.41) is 12.5. The summed E-state index contributed by atoms with van der Waals surface area (Å²) >= 11 is 0. The molecule has 1 aliphatic rings. The van der Waals surface area contributed by atoms with Crippen LogP contribution in [-0.4, -0.2) is 34.3 Å². The van der Waals surface area contributed by atoms with Gasteiger partial charge in [-0.3, -0.25) is 0 Å². The van der Waals surface area contributed by atoms with E-state index in [1.165, 1.54) is 0 Å². The fourth-order valence-electron chi connectivity index (χ4n) is 2.25. The molecular weight excluding hydrogens is 218 g/mol. The molecule has 0 aromatic carbocycles. The van der Waals surface area contributed by atoms with Crippen LogP contribution in [0.4, 0.5) is 5.95 Å². The van der Waals surface area contributed by atoms with Gasteiger partial charge in [0, 0.05) is 30.8 Å². The lowest BCUT2D eigenvalue weighted by molar-refractivity contribution is 0.222. The standard InChI is InChI=1S/C12H19N3O2/c1-2-17-11-6-7-13-12(15-11)14-10-5-3-4-9(10)8-16/h6-7,9-10,16H,2-5,8H2,1H3,(H,13,14,15). The van der Waals surface area contributed by atoms with Crippen LogP contribution in [0.2, 0.25) is 0 Å². The number of ether oxygens (including phenoxy) is 1. The zero-order chi connectivity index (χ0) is 12.1. The Hall–Kier alpha value is -1.36. The van der Waals surface area contributed by atoms with Gasteiger partial charge in [0.2, 0.25) is 11.8 Å². The molecule has 0 saturated heterocycles. The lowest BCUT2D eigenvalue weighted by atomic mass is 10.1. The number of hydrogen-bond acceptors (Lipinski definition) is 5. The Morgan fingerprint density at radius 2 is 2.41 bits per heavy atom. The summed E-state index contributed by atoms with van der Waals surface area (Å²) < 4.78 is 5.32. The quantitative estimate of drug-likeness (QED) is 0.811. The van der Waals surface area contributed by atoms with Crippen molar-refractivity contribution in [3.8, 4) is 5.88 Å². The molecule has 2 atom stereocenters. The molecule has 17 heavy (non-hydrogen) atoms. The van der Waals surface area contributed by atoms with Crippen LogP contribution < -0.4 is 10.1 Å². The number of aliphatic hydroxyl groups excluding tert-OH is 1. The van der Waals surface area contributed by atoms with Crippen molar-refractivity contribution in [3.05, 3.63) is 12.3 Å². The van der Waals surface area contributed by atoms with Crippen molar-refractivity contribution >= 4 is 5.95 Å². The van der Waals surface area contributed by atoms with Crippen molar-refractivity contribution in [2.24, 2.45) is 5.92 Å². The summed E-state index contributed by atoms with van der Waals surface area (Å²) in [6.45, 7) is 2.75. The summed E-state index contributed by atoms with van der Waals surface area (Å²) in [7, 11) is 0. The predicted octanol–water partition coefficient (Wildman–Crippen LogP) is 1.45. The first-order valence-electron chi connectivity index (χ1n) is 6.16. The van der Waals surface area contributed by atoms with Gasteiger partial charge >= 0.3 is 0 Å². The Morgan fingerprint density at radius 1 is 1.53 bits per heavy atom. The lowest BCUT2D eigenvalue weighted by Crippen LogP contribution is -2.27. The van der Waals surface area contributed by atoms with Crippen molar-refractivity contribution < 1.29 is 9.84 Å². The van der Waals surface area contributed by atoms with E-state index in [0.29, 0.717) is 24.4 Å². The highest BCUT2D eigenvalue weighted by atomic mass is 16.5. The molecule has 1 aromatic heterocycles. The minimum absolute atomic E-state index is 0.225. The van der Waals surface area contributed by atoms with Crippen molar-refractivity contribution in [2.45, 2.75) is 32.2 Å². The highest BCUT2D eigenvalue weighted by molar-refractivity contribution is 5.29. The molecule has 1 heterocycles. The number of rotatable bonds is 5. The first-order valence-corrected chi connectivity index (χ1v) is 6.16. The highest BCUT2D eigenvalue weighted by Gasteiger charge is 2.26. The Morgan fingerprint density at radius 3 is 3.18 bits per heavy atom. The van der Waals surface area contributed by atoms with Gasteiger partial charge in [-0.15, -0.1) is 0 Å². The van der Waals surface area contributed by atoms with E-state index in [1.54, 1.807) is 12.3 Å². The number of aromatic nitrogens is 2. The second-order valence-corrected chi connectivity index (χ2v) is 4.28. The minimum atomic E-state index is 0.225. The molecular formula is C12H19N3O2. The van der Waals surface area contributed by atoms with Crippen LogP contribution in [0.15, 0.2) is 12.3 Å². The van der Waals surface area contributed by atoms with Crippen LogP contribution >= 0.6 is 0 Å². The van der Waals surface area contributed by atoms with E-state index in [1.807, 2.05) is 6.92 Å². The molecule has 0 spiro atoms. The van der Waals surface area contributed by atoms with E-state index in [0.717, 1.165) is 19.3 Å². The molecule has 1 saturated carbocycles. The molecule has 1 aliphatic carbocycles. The van der Waals surface area contributed by atoms with Gasteiger partial charge in [0.05, 0.1) is 6.61 Å². The van der Waals surface area contributed by atoms with E-state index in [9.17, 15) is 5.11 Å². The second-order valence-electron chi connectivity index (χ2n) is 4.28. The summed E-state index contributed by atoms with van der Waals surface area (Å²) in [6.07, 6.45) is 4.96. The third-order valence-electron chi connectivity index (χ3n) is 3.13. The maximum atomic E-state index is 9.25. The van der Waals surface area contributed by atoms with Crippen molar-refractivity contribution in [1.29, 1.82) is 0 Å². The van der Waals surface area contributed by atoms with Gasteiger partial charge in [-0.05, 0) is 19.8 Å². The maximum absolute atomic E-state index is 9.25. The third kappa shape index (κ3) is 3.06. The van der Waals surface area contributed by atoms with Gasteiger partial charge < -0.3 is 15.2 Å². The van der Waals surface area contributed by atoms with Gasteiger partial charge in [0.25, 0.3) is 0 Å². The first-order chi connectivity index (χ1) is 8.33.